The zero-order chi connectivity index (χ0) is 17.1. The largest absolute Gasteiger partial charge is 0.465 e. The first-order valence-corrected chi connectivity index (χ1v) is 8.32. The lowest BCUT2D eigenvalue weighted by Gasteiger charge is -2.00. The highest BCUT2D eigenvalue weighted by Gasteiger charge is 2.12. The molecule has 0 bridgehead atoms. The molecule has 0 N–H and O–H groups in total. The van der Waals surface area contributed by atoms with Crippen LogP contribution in [0.25, 0.3) is 11.1 Å². The zero-order valence-corrected chi connectivity index (χ0v) is 14.3. The van der Waals surface area contributed by atoms with E-state index in [-0.39, 0.29) is 11.8 Å². The molecule has 1 heterocycles. The molecule has 3 aromatic rings. The molecule has 0 saturated carbocycles. The van der Waals surface area contributed by atoms with Gasteiger partial charge in [0.25, 0.3) is 0 Å². The summed E-state index contributed by atoms with van der Waals surface area (Å²) in [7, 11) is 1.37. The Balaban J connectivity index is 1.77. The summed E-state index contributed by atoms with van der Waals surface area (Å²) >= 11 is 1.57. The van der Waals surface area contributed by atoms with Crippen molar-refractivity contribution in [3.05, 3.63) is 76.5 Å². The number of esters is 1. The molecule has 1 aromatic heterocycles. The second-order valence-electron chi connectivity index (χ2n) is 5.59. The number of aromatic nitrogens is 1. The highest BCUT2D eigenvalue weighted by molar-refractivity contribution is 6.99. The monoisotopic (exact) mass is 342 g/mol. The lowest BCUT2D eigenvalue weighted by molar-refractivity contribution is -0.618. The fourth-order valence-electron chi connectivity index (χ4n) is 2.51. The van der Waals surface area contributed by atoms with Gasteiger partial charge in [-0.05, 0) is 42.3 Å². The molecule has 2 aromatic carbocycles. The van der Waals surface area contributed by atoms with E-state index in [1.165, 1.54) is 13.2 Å². The van der Waals surface area contributed by atoms with E-state index in [0.717, 1.165) is 22.3 Å². The average molecular weight is 342 g/mol. The SMILES string of the molecule is COC(=O)c1ccc(C[n+]2cc(-c3cc(C)cc(F)c3)cs2)cc1. The number of halogens is 1. The minimum atomic E-state index is -0.339. The van der Waals surface area contributed by atoms with Crippen LogP contribution in [0.1, 0.15) is 21.5 Å². The maximum absolute atomic E-state index is 13.6. The third-order valence-electron chi connectivity index (χ3n) is 3.69. The number of hydrogen-bond acceptors (Lipinski definition) is 3. The summed E-state index contributed by atoms with van der Waals surface area (Å²) < 4.78 is 20.3. The van der Waals surface area contributed by atoms with Gasteiger partial charge in [0.2, 0.25) is 0 Å². The summed E-state index contributed by atoms with van der Waals surface area (Å²) in [5.74, 6) is -0.560. The molecule has 3 rings (SSSR count). The Bertz CT molecular complexity index is 851. The summed E-state index contributed by atoms with van der Waals surface area (Å²) in [4.78, 5) is 11.4. The van der Waals surface area contributed by atoms with E-state index in [0.29, 0.717) is 12.1 Å². The van der Waals surface area contributed by atoms with Gasteiger partial charge in [0.15, 0.2) is 12.7 Å². The molecule has 0 aliphatic carbocycles. The molecular weight excluding hydrogens is 325 g/mol. The second-order valence-corrected chi connectivity index (χ2v) is 6.50. The van der Waals surface area contributed by atoms with E-state index in [4.69, 9.17) is 4.74 Å². The van der Waals surface area contributed by atoms with Crippen molar-refractivity contribution in [2.24, 2.45) is 0 Å². The van der Waals surface area contributed by atoms with E-state index in [1.807, 2.05) is 36.7 Å². The van der Waals surface area contributed by atoms with Gasteiger partial charge in [0.05, 0.1) is 23.6 Å². The van der Waals surface area contributed by atoms with E-state index in [2.05, 4.69) is 3.96 Å². The van der Waals surface area contributed by atoms with Crippen LogP contribution in [-0.4, -0.2) is 13.1 Å². The van der Waals surface area contributed by atoms with Crippen molar-refractivity contribution in [2.75, 3.05) is 7.11 Å². The zero-order valence-electron chi connectivity index (χ0n) is 13.5. The quantitative estimate of drug-likeness (QED) is 0.530. The van der Waals surface area contributed by atoms with E-state index < -0.39 is 0 Å². The van der Waals surface area contributed by atoms with Gasteiger partial charge in [-0.1, -0.05) is 18.2 Å². The molecule has 3 nitrogen and oxygen atoms in total. The molecule has 24 heavy (non-hydrogen) atoms. The summed E-state index contributed by atoms with van der Waals surface area (Å²) in [6, 6.07) is 12.4. The first kappa shape index (κ1) is 16.3. The van der Waals surface area contributed by atoms with Crippen molar-refractivity contribution in [2.45, 2.75) is 13.5 Å². The minimum Gasteiger partial charge on any atom is -0.465 e. The molecule has 5 heteroatoms. The number of carbonyl (C=O) groups excluding carboxylic acids is 1. The number of rotatable bonds is 4. The topological polar surface area (TPSA) is 30.2 Å². The molecule has 0 aliphatic rings. The Kier molecular flexibility index (Phi) is 4.71. The van der Waals surface area contributed by atoms with Crippen LogP contribution in [0.5, 0.6) is 0 Å². The fourth-order valence-corrected chi connectivity index (χ4v) is 3.36. The minimum absolute atomic E-state index is 0.221. The fraction of sp³-hybridized carbons (Fsp3) is 0.158. The van der Waals surface area contributed by atoms with Crippen molar-refractivity contribution in [3.63, 3.8) is 0 Å². The van der Waals surface area contributed by atoms with Crippen LogP contribution in [0.4, 0.5) is 4.39 Å². The average Bonchev–Trinajstić information content (AvgIpc) is 3.02. The maximum atomic E-state index is 13.6. The van der Waals surface area contributed by atoms with Gasteiger partial charge >= 0.3 is 5.97 Å². The van der Waals surface area contributed by atoms with Crippen LogP contribution in [0.15, 0.2) is 54.0 Å². The van der Waals surface area contributed by atoms with Crippen molar-refractivity contribution < 1.29 is 17.9 Å². The van der Waals surface area contributed by atoms with E-state index in [1.54, 1.807) is 29.7 Å². The smallest absolute Gasteiger partial charge is 0.337 e. The van der Waals surface area contributed by atoms with Crippen molar-refractivity contribution in [1.29, 1.82) is 0 Å². The van der Waals surface area contributed by atoms with Gasteiger partial charge in [-0.15, -0.1) is 3.96 Å². The Hall–Kier alpha value is -2.53. The van der Waals surface area contributed by atoms with Gasteiger partial charge in [-0.25, -0.2) is 9.18 Å². The summed E-state index contributed by atoms with van der Waals surface area (Å²) in [6.45, 7) is 2.58. The van der Waals surface area contributed by atoms with Gasteiger partial charge in [-0.2, -0.15) is 0 Å². The Morgan fingerprint density at radius 3 is 2.58 bits per heavy atom. The molecule has 0 radical (unpaired) electrons. The summed E-state index contributed by atoms with van der Waals surface area (Å²) in [6.07, 6.45) is 2.01. The van der Waals surface area contributed by atoms with E-state index >= 15 is 0 Å². The predicted octanol–water partition coefficient (Wildman–Crippen LogP) is 3.99. The Morgan fingerprint density at radius 1 is 1.17 bits per heavy atom. The normalized spacial score (nSPS) is 10.6. The molecule has 0 aliphatic heterocycles. The number of benzene rings is 2. The van der Waals surface area contributed by atoms with Crippen molar-refractivity contribution in [3.8, 4) is 11.1 Å². The molecule has 0 spiro atoms. The van der Waals surface area contributed by atoms with Gasteiger partial charge in [-0.3, -0.25) is 0 Å². The van der Waals surface area contributed by atoms with Crippen molar-refractivity contribution in [1.82, 2.24) is 0 Å². The second kappa shape index (κ2) is 6.93. The molecule has 122 valence electrons. The van der Waals surface area contributed by atoms with Crippen LogP contribution in [0.2, 0.25) is 0 Å². The number of aryl methyl sites for hydroxylation is 1. The predicted molar refractivity (Wildman–Crippen MR) is 91.5 cm³/mol. The van der Waals surface area contributed by atoms with E-state index in [9.17, 15) is 9.18 Å². The number of methoxy groups -OCH3 is 1. The molecule has 0 amide bonds. The lowest BCUT2D eigenvalue weighted by Crippen LogP contribution is -2.28. The van der Waals surface area contributed by atoms with Gasteiger partial charge < -0.3 is 4.74 Å². The molecule has 0 saturated heterocycles. The number of hydrogen-bond donors (Lipinski definition) is 0. The van der Waals surface area contributed by atoms with Crippen LogP contribution in [0.3, 0.4) is 0 Å². The third-order valence-corrected chi connectivity index (χ3v) is 4.55. The summed E-state index contributed by atoms with van der Waals surface area (Å²) in [5.41, 5.74) is 4.39. The number of ether oxygens (including phenoxy) is 1. The Morgan fingerprint density at radius 2 is 1.92 bits per heavy atom. The van der Waals surface area contributed by atoms with Crippen LogP contribution >= 0.6 is 11.5 Å². The molecular formula is C19H17FNO2S+. The third kappa shape index (κ3) is 3.68. The lowest BCUT2D eigenvalue weighted by atomic mass is 10.1. The molecule has 0 fully saturated rings. The Labute approximate surface area is 144 Å². The maximum Gasteiger partial charge on any atom is 0.337 e. The summed E-state index contributed by atoms with van der Waals surface area (Å²) in [5, 5.41) is 2.01. The molecule has 0 unspecified atom stereocenters. The molecule has 0 atom stereocenters. The highest BCUT2D eigenvalue weighted by Crippen LogP contribution is 2.22. The first-order chi connectivity index (χ1) is 11.5. The number of nitrogens with zero attached hydrogens (tertiary/aromatic N) is 1. The van der Waals surface area contributed by atoms with Crippen LogP contribution < -0.4 is 3.96 Å². The van der Waals surface area contributed by atoms with Crippen LogP contribution in [0, 0.1) is 12.7 Å². The highest BCUT2D eigenvalue weighted by atomic mass is 32.1. The van der Waals surface area contributed by atoms with Gasteiger partial charge in [0, 0.05) is 5.56 Å². The first-order valence-electron chi connectivity index (χ1n) is 7.48. The van der Waals surface area contributed by atoms with Gasteiger partial charge in [0.1, 0.15) is 17.3 Å². The van der Waals surface area contributed by atoms with Crippen molar-refractivity contribution >= 4 is 17.5 Å². The number of carbonyl (C=O) groups is 1. The standard InChI is InChI=1S/C19H17FNO2S/c1-13-7-16(9-18(20)8-13)17-11-21(24-12-17)10-14-3-5-15(6-4-14)19(22)23-2/h3-9,11-12H,10H2,1-2H3/q+1. The van der Waals surface area contributed by atoms with Crippen LogP contribution in [-0.2, 0) is 11.3 Å².